The van der Waals surface area contributed by atoms with Crippen LogP contribution in [0.1, 0.15) is 17.5 Å². The number of hydrogen-bond acceptors (Lipinski definition) is 6. The van der Waals surface area contributed by atoms with Crippen molar-refractivity contribution in [1.82, 2.24) is 10.2 Å². The molecule has 3 nitrogen and oxygen atoms in total. The van der Waals surface area contributed by atoms with Crippen molar-refractivity contribution < 1.29 is 13.2 Å². The zero-order valence-electron chi connectivity index (χ0n) is 11.6. The van der Waals surface area contributed by atoms with E-state index in [9.17, 15) is 13.2 Å². The molecule has 0 fully saturated rings. The Morgan fingerprint density at radius 3 is 2.35 bits per heavy atom. The third-order valence-electron chi connectivity index (χ3n) is 2.59. The fourth-order valence-corrected chi connectivity index (χ4v) is 4.44. The number of nitriles is 1. The van der Waals surface area contributed by atoms with E-state index >= 15 is 0 Å². The minimum atomic E-state index is -2.26. The highest BCUT2D eigenvalue weighted by atomic mass is 32.2. The van der Waals surface area contributed by atoms with Gasteiger partial charge < -0.3 is 0 Å². The summed E-state index contributed by atoms with van der Waals surface area (Å²) in [4.78, 5) is 0. The Labute approximate surface area is 143 Å². The number of rotatable bonds is 7. The molecule has 2 rings (SSSR count). The zero-order valence-corrected chi connectivity index (χ0v) is 14.1. The number of hydrogen-bond donors (Lipinski definition) is 0. The first kappa shape index (κ1) is 17.8. The molecule has 0 unspecified atom stereocenters. The van der Waals surface area contributed by atoms with Gasteiger partial charge in [-0.25, -0.2) is 4.39 Å². The molecule has 9 heteroatoms. The largest absolute Gasteiger partial charge is 0.301 e. The molecule has 0 radical (unpaired) electrons. The van der Waals surface area contributed by atoms with Gasteiger partial charge in [0, 0.05) is 17.9 Å². The molecule has 1 aromatic carbocycles. The fraction of sp³-hybridized carbons (Fsp3) is 0.214. The van der Waals surface area contributed by atoms with E-state index in [0.29, 0.717) is 15.7 Å². The van der Waals surface area contributed by atoms with Gasteiger partial charge in [0.2, 0.25) is 0 Å². The van der Waals surface area contributed by atoms with Crippen LogP contribution in [0.4, 0.5) is 13.2 Å². The first-order valence-corrected chi connectivity index (χ1v) is 9.15. The molecule has 0 saturated carbocycles. The Morgan fingerprint density at radius 2 is 1.74 bits per heavy atom. The second kappa shape index (κ2) is 8.96. The Kier molecular flexibility index (Phi) is 6.95. The topological polar surface area (TPSA) is 49.6 Å². The number of halogens is 3. The SMILES string of the molecule is N#Cc1ccc(CSc2nnc(SCCC(F)=C(F)F)s2)cc1. The van der Waals surface area contributed by atoms with Crippen LogP contribution in [-0.4, -0.2) is 16.0 Å². The van der Waals surface area contributed by atoms with Crippen LogP contribution >= 0.6 is 34.9 Å². The van der Waals surface area contributed by atoms with Crippen molar-refractivity contribution in [3.05, 3.63) is 47.3 Å². The minimum absolute atomic E-state index is 0.193. The highest BCUT2D eigenvalue weighted by molar-refractivity contribution is 8.02. The molecule has 0 aliphatic heterocycles. The summed E-state index contributed by atoms with van der Waals surface area (Å²) in [6, 6.07) is 9.32. The molecule has 0 spiro atoms. The van der Waals surface area contributed by atoms with Gasteiger partial charge in [0.15, 0.2) is 14.5 Å². The molecule has 1 heterocycles. The van der Waals surface area contributed by atoms with Gasteiger partial charge in [0.1, 0.15) is 0 Å². The van der Waals surface area contributed by atoms with Crippen LogP contribution in [0.3, 0.4) is 0 Å². The second-order valence-corrected chi connectivity index (χ2v) is 7.74. The highest BCUT2D eigenvalue weighted by Crippen LogP contribution is 2.31. The molecule has 0 bridgehead atoms. The number of aromatic nitrogens is 2. The maximum atomic E-state index is 12.7. The lowest BCUT2D eigenvalue weighted by Crippen LogP contribution is -1.82. The summed E-state index contributed by atoms with van der Waals surface area (Å²) in [5, 5.41) is 16.7. The average molecular weight is 373 g/mol. The molecule has 0 aliphatic rings. The van der Waals surface area contributed by atoms with Crippen LogP contribution in [0.25, 0.3) is 0 Å². The fourth-order valence-electron chi connectivity index (χ4n) is 1.46. The van der Waals surface area contributed by atoms with Gasteiger partial charge in [-0.3, -0.25) is 0 Å². The van der Waals surface area contributed by atoms with Crippen LogP contribution in [0.15, 0.2) is 44.9 Å². The van der Waals surface area contributed by atoms with E-state index in [-0.39, 0.29) is 12.2 Å². The van der Waals surface area contributed by atoms with E-state index < -0.39 is 11.9 Å². The standard InChI is InChI=1S/C14H10F3N3S3/c15-11(12(16)17)5-6-21-13-19-20-14(23-13)22-8-10-3-1-9(7-18)2-4-10/h1-4H,5-6,8H2. The lowest BCUT2D eigenvalue weighted by Gasteiger charge is -1.98. The van der Waals surface area contributed by atoms with E-state index in [4.69, 9.17) is 5.26 Å². The molecule has 23 heavy (non-hydrogen) atoms. The van der Waals surface area contributed by atoms with Gasteiger partial charge >= 0.3 is 6.08 Å². The van der Waals surface area contributed by atoms with E-state index in [1.54, 1.807) is 12.1 Å². The van der Waals surface area contributed by atoms with Gasteiger partial charge in [-0.2, -0.15) is 14.0 Å². The molecule has 0 saturated heterocycles. The van der Waals surface area contributed by atoms with Crippen molar-refractivity contribution in [1.29, 1.82) is 5.26 Å². The number of allylic oxidation sites excluding steroid dienone is 1. The van der Waals surface area contributed by atoms with Gasteiger partial charge in [-0.05, 0) is 17.7 Å². The monoisotopic (exact) mass is 373 g/mol. The average Bonchev–Trinajstić information content (AvgIpc) is 3.01. The first-order chi connectivity index (χ1) is 11.1. The molecular formula is C14H10F3N3S3. The summed E-state index contributed by atoms with van der Waals surface area (Å²) in [7, 11) is 0. The van der Waals surface area contributed by atoms with E-state index in [1.807, 2.05) is 12.1 Å². The summed E-state index contributed by atoms with van der Waals surface area (Å²) in [5.74, 6) is -0.495. The summed E-state index contributed by atoms with van der Waals surface area (Å²) >= 11 is 4.04. The van der Waals surface area contributed by atoms with Gasteiger partial charge in [0.05, 0.1) is 11.6 Å². The summed E-state index contributed by atoms with van der Waals surface area (Å²) in [5.41, 5.74) is 1.67. The third kappa shape index (κ3) is 5.89. The number of benzene rings is 1. The van der Waals surface area contributed by atoms with E-state index in [1.165, 1.54) is 34.9 Å². The lowest BCUT2D eigenvalue weighted by atomic mass is 10.2. The van der Waals surface area contributed by atoms with Crippen LogP contribution in [0.2, 0.25) is 0 Å². The molecule has 120 valence electrons. The Balaban J connectivity index is 1.80. The molecule has 0 aliphatic carbocycles. The third-order valence-corrected chi connectivity index (χ3v) is 5.85. The summed E-state index contributed by atoms with van der Waals surface area (Å²) in [6.07, 6.45) is -2.58. The van der Waals surface area contributed by atoms with Crippen molar-refractivity contribution in [3.63, 3.8) is 0 Å². The van der Waals surface area contributed by atoms with Crippen LogP contribution in [0, 0.1) is 11.3 Å². The Bertz CT molecular complexity index is 719. The van der Waals surface area contributed by atoms with Crippen LogP contribution in [0.5, 0.6) is 0 Å². The number of thioether (sulfide) groups is 2. The Hall–Kier alpha value is -1.50. The highest BCUT2D eigenvalue weighted by Gasteiger charge is 2.09. The first-order valence-electron chi connectivity index (χ1n) is 6.36. The van der Waals surface area contributed by atoms with Crippen molar-refractivity contribution in [2.75, 3.05) is 5.75 Å². The van der Waals surface area contributed by atoms with Gasteiger partial charge in [-0.15, -0.1) is 10.2 Å². The minimum Gasteiger partial charge on any atom is -0.206 e. The predicted octanol–water partition coefficient (Wildman–Crippen LogP) is 5.26. The van der Waals surface area contributed by atoms with Crippen molar-refractivity contribution in [3.8, 4) is 6.07 Å². The quantitative estimate of drug-likeness (QED) is 0.620. The van der Waals surface area contributed by atoms with Gasteiger partial charge in [-0.1, -0.05) is 47.0 Å². The molecule has 1 aromatic heterocycles. The van der Waals surface area contributed by atoms with Crippen molar-refractivity contribution >= 4 is 34.9 Å². The molecular weight excluding hydrogens is 363 g/mol. The van der Waals surface area contributed by atoms with E-state index in [0.717, 1.165) is 9.90 Å². The zero-order chi connectivity index (χ0) is 16.7. The molecule has 0 N–H and O–H groups in total. The van der Waals surface area contributed by atoms with Crippen LogP contribution in [-0.2, 0) is 5.75 Å². The molecule has 2 aromatic rings. The number of nitrogens with zero attached hydrogens (tertiary/aromatic N) is 3. The summed E-state index contributed by atoms with van der Waals surface area (Å²) in [6.45, 7) is 0. The Morgan fingerprint density at radius 1 is 1.09 bits per heavy atom. The predicted molar refractivity (Wildman–Crippen MR) is 86.3 cm³/mol. The maximum absolute atomic E-state index is 12.7. The normalized spacial score (nSPS) is 10.3. The molecule has 0 atom stereocenters. The van der Waals surface area contributed by atoms with Crippen molar-refractivity contribution in [2.45, 2.75) is 20.9 Å². The molecule has 0 amide bonds. The second-order valence-electron chi connectivity index (χ2n) is 4.20. The van der Waals surface area contributed by atoms with Crippen LogP contribution < -0.4 is 0 Å². The smallest absolute Gasteiger partial charge is 0.206 e. The van der Waals surface area contributed by atoms with Crippen molar-refractivity contribution in [2.24, 2.45) is 0 Å². The lowest BCUT2D eigenvalue weighted by molar-refractivity contribution is 0.373. The van der Waals surface area contributed by atoms with E-state index in [2.05, 4.69) is 16.3 Å². The summed E-state index contributed by atoms with van der Waals surface area (Å²) < 4.78 is 37.9. The maximum Gasteiger partial charge on any atom is 0.301 e. The van der Waals surface area contributed by atoms with Gasteiger partial charge in [0.25, 0.3) is 0 Å².